The van der Waals surface area contributed by atoms with Crippen LogP contribution in [0.25, 0.3) is 0 Å². The number of carbonyl (C=O) groups excluding carboxylic acids is 1. The van der Waals surface area contributed by atoms with Crippen molar-refractivity contribution in [2.24, 2.45) is 5.73 Å². The first-order valence-corrected chi connectivity index (χ1v) is 24.6. The SMILES string of the molecule is CC/C=C\C/C=C\C/C=C\C/C=C\C/C=C\CCCCCCCCOCC(COP(=O)(O)OCCN)OC(=O)CCCCCCCCC/C=C\C/C=C\CCCCC. The van der Waals surface area contributed by atoms with E-state index in [0.717, 1.165) is 89.9 Å². The average Bonchev–Trinajstić information content (AvgIpc) is 3.21. The molecule has 0 spiro atoms. The van der Waals surface area contributed by atoms with Crippen molar-refractivity contribution in [2.75, 3.05) is 33.0 Å². The van der Waals surface area contributed by atoms with Crippen LogP contribution >= 0.6 is 7.82 Å². The molecule has 9 heteroatoms. The summed E-state index contributed by atoms with van der Waals surface area (Å²) in [6.45, 7) is 4.72. The third-order valence-electron chi connectivity index (χ3n) is 9.30. The normalized spacial score (nSPS) is 14.2. The van der Waals surface area contributed by atoms with Gasteiger partial charge in [0, 0.05) is 19.6 Å². The first-order valence-electron chi connectivity index (χ1n) is 23.1. The van der Waals surface area contributed by atoms with Gasteiger partial charge in [0.05, 0.1) is 19.8 Å². The van der Waals surface area contributed by atoms with Crippen LogP contribution in [0.15, 0.2) is 85.1 Å². The van der Waals surface area contributed by atoms with E-state index < -0.39 is 13.9 Å². The number of phosphoric ester groups is 1. The fraction of sp³-hybridized carbons (Fsp3) is 0.694. The van der Waals surface area contributed by atoms with Gasteiger partial charge in [0.25, 0.3) is 0 Å². The molecule has 0 aromatic rings. The number of unbranched alkanes of at least 4 members (excludes halogenated alkanes) is 16. The molecule has 334 valence electrons. The monoisotopic (exact) mass is 832 g/mol. The van der Waals surface area contributed by atoms with E-state index in [1.807, 2.05) is 0 Å². The van der Waals surface area contributed by atoms with E-state index >= 15 is 0 Å². The molecule has 3 N–H and O–H groups in total. The molecular formula is C49H86NO7P. The van der Waals surface area contributed by atoms with Crippen molar-refractivity contribution in [3.63, 3.8) is 0 Å². The second-order valence-corrected chi connectivity index (χ2v) is 16.3. The van der Waals surface area contributed by atoms with E-state index in [-0.39, 0.29) is 32.3 Å². The second kappa shape index (κ2) is 45.8. The first-order chi connectivity index (χ1) is 28.4. The van der Waals surface area contributed by atoms with Gasteiger partial charge in [0.2, 0.25) is 0 Å². The zero-order valence-corrected chi connectivity index (χ0v) is 37.9. The van der Waals surface area contributed by atoms with Gasteiger partial charge in [-0.2, -0.15) is 0 Å². The maximum atomic E-state index is 12.6. The summed E-state index contributed by atoms with van der Waals surface area (Å²) in [5, 5.41) is 0. The Balaban J connectivity index is 4.07. The van der Waals surface area contributed by atoms with Crippen molar-refractivity contribution in [3.8, 4) is 0 Å². The summed E-state index contributed by atoms with van der Waals surface area (Å²) in [5.74, 6) is -0.347. The van der Waals surface area contributed by atoms with Crippen molar-refractivity contribution in [1.29, 1.82) is 0 Å². The van der Waals surface area contributed by atoms with Crippen molar-refractivity contribution < 1.29 is 32.8 Å². The van der Waals surface area contributed by atoms with Gasteiger partial charge >= 0.3 is 13.8 Å². The lowest BCUT2D eigenvalue weighted by atomic mass is 10.1. The summed E-state index contributed by atoms with van der Waals surface area (Å²) in [6.07, 6.45) is 58.8. The minimum absolute atomic E-state index is 0.0917. The van der Waals surface area contributed by atoms with E-state index in [4.69, 9.17) is 24.3 Å². The van der Waals surface area contributed by atoms with Crippen LogP contribution in [0.3, 0.4) is 0 Å². The van der Waals surface area contributed by atoms with Crippen LogP contribution in [0.2, 0.25) is 0 Å². The lowest BCUT2D eigenvalue weighted by Gasteiger charge is -2.20. The fourth-order valence-corrected chi connectivity index (χ4v) is 6.70. The van der Waals surface area contributed by atoms with Crippen molar-refractivity contribution in [3.05, 3.63) is 85.1 Å². The van der Waals surface area contributed by atoms with Gasteiger partial charge in [-0.05, 0) is 89.9 Å². The molecule has 0 aliphatic rings. The van der Waals surface area contributed by atoms with Gasteiger partial charge in [-0.25, -0.2) is 4.57 Å². The lowest BCUT2D eigenvalue weighted by molar-refractivity contribution is -0.154. The zero-order valence-electron chi connectivity index (χ0n) is 37.0. The topological polar surface area (TPSA) is 117 Å². The number of allylic oxidation sites excluding steroid dienone is 14. The van der Waals surface area contributed by atoms with Gasteiger partial charge in [0.1, 0.15) is 6.10 Å². The Bertz CT molecular complexity index is 1160. The van der Waals surface area contributed by atoms with Crippen LogP contribution in [0, 0.1) is 0 Å². The highest BCUT2D eigenvalue weighted by atomic mass is 31.2. The van der Waals surface area contributed by atoms with E-state index in [2.05, 4.69) is 98.9 Å². The molecular weight excluding hydrogens is 746 g/mol. The van der Waals surface area contributed by atoms with Gasteiger partial charge in [-0.1, -0.05) is 170 Å². The summed E-state index contributed by atoms with van der Waals surface area (Å²) in [4.78, 5) is 22.5. The number of rotatable bonds is 43. The Morgan fingerprint density at radius 3 is 1.45 bits per heavy atom. The number of nitrogens with two attached hydrogens (primary N) is 1. The van der Waals surface area contributed by atoms with E-state index in [1.54, 1.807) is 0 Å². The van der Waals surface area contributed by atoms with Crippen molar-refractivity contribution in [1.82, 2.24) is 0 Å². The van der Waals surface area contributed by atoms with Gasteiger partial charge in [-0.15, -0.1) is 0 Å². The average molecular weight is 832 g/mol. The first kappa shape index (κ1) is 55.7. The molecule has 8 nitrogen and oxygen atoms in total. The molecule has 0 amide bonds. The number of phosphoric acid groups is 1. The van der Waals surface area contributed by atoms with Gasteiger partial charge in [-0.3, -0.25) is 13.8 Å². The molecule has 0 saturated carbocycles. The molecule has 0 aliphatic heterocycles. The lowest BCUT2D eigenvalue weighted by Crippen LogP contribution is -2.28. The van der Waals surface area contributed by atoms with Crippen LogP contribution in [0.5, 0.6) is 0 Å². The largest absolute Gasteiger partial charge is 0.472 e. The molecule has 0 aliphatic carbocycles. The molecule has 0 radical (unpaired) electrons. The van der Waals surface area contributed by atoms with Crippen molar-refractivity contribution >= 4 is 13.8 Å². The van der Waals surface area contributed by atoms with E-state index in [1.165, 1.54) is 70.6 Å². The molecule has 0 saturated heterocycles. The minimum Gasteiger partial charge on any atom is -0.457 e. The zero-order chi connectivity index (χ0) is 42.3. The van der Waals surface area contributed by atoms with E-state index in [0.29, 0.717) is 13.0 Å². The molecule has 2 atom stereocenters. The standard InChI is InChI=1S/C49H86NO7P/c1-3-5-7-9-11-13-15-17-19-21-22-23-24-25-27-29-31-33-35-37-39-41-44-54-46-48(47-56-58(52,53)55-45-43-50)57-49(51)42-40-38-36-34-32-30-28-26-20-18-16-14-12-10-8-6-4-2/h5,7,11-14,17-20,22-23,25,27,48H,3-4,6,8-10,15-16,21,24,26,28-47,50H2,1-2H3,(H,52,53)/b7-5-,13-11-,14-12-,19-17-,20-18-,23-22-,27-25-. The number of hydrogen-bond donors (Lipinski definition) is 2. The molecule has 0 aromatic carbocycles. The van der Waals surface area contributed by atoms with Gasteiger partial charge < -0.3 is 20.1 Å². The third-order valence-corrected chi connectivity index (χ3v) is 10.3. The highest BCUT2D eigenvalue weighted by molar-refractivity contribution is 7.47. The molecule has 0 bridgehead atoms. The molecule has 0 fully saturated rings. The van der Waals surface area contributed by atoms with Crippen LogP contribution < -0.4 is 5.73 Å². The highest BCUT2D eigenvalue weighted by Gasteiger charge is 2.25. The smallest absolute Gasteiger partial charge is 0.457 e. The number of carbonyl (C=O) groups is 1. The van der Waals surface area contributed by atoms with Crippen LogP contribution in [0.4, 0.5) is 0 Å². The van der Waals surface area contributed by atoms with Crippen LogP contribution in [-0.2, 0) is 27.9 Å². The number of ether oxygens (including phenoxy) is 2. The van der Waals surface area contributed by atoms with Crippen LogP contribution in [-0.4, -0.2) is 49.9 Å². The maximum Gasteiger partial charge on any atom is 0.472 e. The Hall–Kier alpha value is -2.32. The second-order valence-electron chi connectivity index (χ2n) is 14.9. The Labute approximate surface area is 356 Å². The summed E-state index contributed by atoms with van der Waals surface area (Å²) >= 11 is 0. The number of hydrogen-bond acceptors (Lipinski definition) is 7. The Morgan fingerprint density at radius 2 is 0.966 bits per heavy atom. The Kier molecular flexibility index (Phi) is 43.9. The summed E-state index contributed by atoms with van der Waals surface area (Å²) < 4.78 is 33.5. The molecule has 2 unspecified atom stereocenters. The maximum absolute atomic E-state index is 12.6. The van der Waals surface area contributed by atoms with Crippen molar-refractivity contribution in [2.45, 2.75) is 187 Å². The van der Waals surface area contributed by atoms with Gasteiger partial charge in [0.15, 0.2) is 0 Å². The van der Waals surface area contributed by atoms with Crippen LogP contribution in [0.1, 0.15) is 181 Å². The van der Waals surface area contributed by atoms with E-state index in [9.17, 15) is 14.3 Å². The third kappa shape index (κ3) is 44.8. The molecule has 0 heterocycles. The summed E-state index contributed by atoms with van der Waals surface area (Å²) in [6, 6.07) is 0. The molecule has 0 rings (SSSR count). The summed E-state index contributed by atoms with van der Waals surface area (Å²) in [5.41, 5.74) is 5.38. The molecule has 58 heavy (non-hydrogen) atoms. The predicted molar refractivity (Wildman–Crippen MR) is 247 cm³/mol. The predicted octanol–water partition coefficient (Wildman–Crippen LogP) is 14.1. The quantitative estimate of drug-likeness (QED) is 0.0270. The Morgan fingerprint density at radius 1 is 0.534 bits per heavy atom. The fourth-order valence-electron chi connectivity index (χ4n) is 5.93. The summed E-state index contributed by atoms with van der Waals surface area (Å²) in [7, 11) is -4.29. The number of esters is 1. The minimum atomic E-state index is -4.29. The molecule has 0 aromatic heterocycles. The highest BCUT2D eigenvalue weighted by Crippen LogP contribution is 2.43.